The number of aliphatic hydroxyl groups is 6. The van der Waals surface area contributed by atoms with E-state index in [4.69, 9.17) is 52.4 Å². The van der Waals surface area contributed by atoms with Gasteiger partial charge in [-0.15, -0.1) is 0 Å². The molecule has 0 aromatic carbocycles. The molecule has 0 amide bonds. The summed E-state index contributed by atoms with van der Waals surface area (Å²) < 4.78 is 29.4. The van der Waals surface area contributed by atoms with Crippen LogP contribution in [0.4, 0.5) is 0 Å². The Balaban J connectivity index is 1.44. The van der Waals surface area contributed by atoms with Crippen molar-refractivity contribution >= 4 is 5.96 Å². The lowest BCUT2D eigenvalue weighted by Crippen LogP contribution is -2.70. The second-order valence-corrected chi connectivity index (χ2v) is 10.7. The highest BCUT2D eigenvalue weighted by Gasteiger charge is 2.54. The van der Waals surface area contributed by atoms with Crippen LogP contribution in [-0.2, 0) is 23.7 Å². The van der Waals surface area contributed by atoms with Crippen molar-refractivity contribution in [2.24, 2.45) is 33.7 Å². The lowest BCUT2D eigenvalue weighted by atomic mass is 9.84. The van der Waals surface area contributed by atoms with Gasteiger partial charge >= 0.3 is 0 Å². The van der Waals surface area contributed by atoms with Gasteiger partial charge in [0, 0.05) is 12.1 Å². The van der Waals surface area contributed by atoms with E-state index in [1.54, 1.807) is 0 Å². The van der Waals surface area contributed by atoms with Gasteiger partial charge in [-0.2, -0.15) is 0 Å². The minimum absolute atomic E-state index is 0.130. The lowest BCUT2D eigenvalue weighted by Gasteiger charge is -2.51. The highest BCUT2D eigenvalue weighted by molar-refractivity contribution is 5.76. The van der Waals surface area contributed by atoms with Crippen molar-refractivity contribution in [1.82, 2.24) is 5.32 Å². The normalized spacial score (nSPS) is 51.6. The van der Waals surface area contributed by atoms with Gasteiger partial charge < -0.3 is 88.3 Å². The van der Waals surface area contributed by atoms with E-state index in [1.165, 1.54) is 7.05 Å². The van der Waals surface area contributed by atoms with Gasteiger partial charge in [0.15, 0.2) is 24.8 Å². The summed E-state index contributed by atoms with van der Waals surface area (Å²) in [7, 11) is 1.54. The Bertz CT molecular complexity index is 871. The topological polar surface area (TPSA) is 322 Å². The van der Waals surface area contributed by atoms with Crippen LogP contribution in [-0.4, -0.2) is 154 Å². The minimum Gasteiger partial charge on any atom is -0.394 e. The Morgan fingerprint density at radius 1 is 0.800 bits per heavy atom. The molecule has 3 heterocycles. The molecule has 232 valence electrons. The van der Waals surface area contributed by atoms with Crippen molar-refractivity contribution in [3.63, 3.8) is 0 Å². The molecule has 3 aliphatic heterocycles. The summed E-state index contributed by atoms with van der Waals surface area (Å²) in [5.41, 5.74) is 29.0. The van der Waals surface area contributed by atoms with Crippen LogP contribution in [0.25, 0.3) is 0 Å². The molecule has 17 atom stereocenters. The maximum Gasteiger partial charge on any atom is 0.189 e. The zero-order valence-corrected chi connectivity index (χ0v) is 22.0. The third-order valence-corrected chi connectivity index (χ3v) is 7.95. The van der Waals surface area contributed by atoms with Crippen molar-refractivity contribution in [3.05, 3.63) is 0 Å². The van der Waals surface area contributed by atoms with E-state index < -0.39 is 111 Å². The number of nitrogens with two attached hydrogens (primary N) is 5. The highest BCUT2D eigenvalue weighted by atomic mass is 16.8. The monoisotopic (exact) mass is 581 g/mol. The summed E-state index contributed by atoms with van der Waals surface area (Å²) in [6.07, 6.45) is -14.4. The highest BCUT2D eigenvalue weighted by Crippen LogP contribution is 2.35. The number of likely N-dealkylation sites (N-methyl/N-ethyl adjacent to an activating group) is 1. The van der Waals surface area contributed by atoms with Crippen LogP contribution in [0.5, 0.6) is 0 Å². The summed E-state index contributed by atoms with van der Waals surface area (Å²) in [5, 5.41) is 65.7. The van der Waals surface area contributed by atoms with Crippen LogP contribution in [0.1, 0.15) is 12.8 Å². The number of hydrogen-bond donors (Lipinski definition) is 12. The molecule has 0 bridgehead atoms. The summed E-state index contributed by atoms with van der Waals surface area (Å²) in [5.74, 6) is -0.367. The van der Waals surface area contributed by atoms with Crippen molar-refractivity contribution in [1.29, 1.82) is 0 Å². The first-order valence-corrected chi connectivity index (χ1v) is 13.2. The van der Waals surface area contributed by atoms with Crippen LogP contribution < -0.4 is 34.0 Å². The van der Waals surface area contributed by atoms with Gasteiger partial charge in [0.05, 0.1) is 30.9 Å². The molecule has 18 heteroatoms. The molecule has 40 heavy (non-hydrogen) atoms. The van der Waals surface area contributed by atoms with Gasteiger partial charge in [-0.25, -0.2) is 4.99 Å². The molecule has 4 aliphatic rings. The van der Waals surface area contributed by atoms with Crippen molar-refractivity contribution in [2.45, 2.75) is 117 Å². The SMILES string of the molecule is CNC1C(OC2OC(CO)C(N=C(N)N)C(O)C2O)O[C@H]2C[C@H](N)C(OC3C(N)CC(N)C(O)C3O)OC2C1O. The van der Waals surface area contributed by atoms with E-state index in [9.17, 15) is 30.6 Å². The second-order valence-electron chi connectivity index (χ2n) is 10.7. The largest absolute Gasteiger partial charge is 0.394 e. The van der Waals surface area contributed by atoms with Crippen LogP contribution in [0.15, 0.2) is 4.99 Å². The molecule has 1 saturated carbocycles. The van der Waals surface area contributed by atoms with Gasteiger partial charge in [-0.1, -0.05) is 0 Å². The van der Waals surface area contributed by atoms with Crippen LogP contribution >= 0.6 is 0 Å². The molecular formula is C22H43N7O11. The standard InChI is InChI=1S/C22H43N7O11/c1-28-11-14(33)18-8(3-7(25)19(39-18)38-17-6(24)2-5(23)12(31)15(17)34)36-20(11)40-21-16(35)13(32)10(29-22(26)27)9(4-30)37-21/h5-21,28,30-35H,2-4,23-25H2,1H3,(H4,26,27,29)/t5?,6?,7-,8-,9?,10?,11?,12?,13?,14?,15?,16?,17?,18?,19?,20?,21?/m0/s1. The molecule has 17 N–H and O–H groups in total. The fourth-order valence-electron chi connectivity index (χ4n) is 5.74. The Kier molecular flexibility index (Phi) is 10.2. The lowest BCUT2D eigenvalue weighted by molar-refractivity contribution is -0.373. The third-order valence-electron chi connectivity index (χ3n) is 7.95. The number of aliphatic imine (C=N–C) groups is 1. The smallest absolute Gasteiger partial charge is 0.189 e. The quantitative estimate of drug-likeness (QED) is 0.0980. The Morgan fingerprint density at radius 3 is 2.12 bits per heavy atom. The van der Waals surface area contributed by atoms with Crippen LogP contribution in [0, 0.1) is 0 Å². The maximum absolute atomic E-state index is 11.2. The molecule has 4 fully saturated rings. The molecule has 4 rings (SSSR count). The van der Waals surface area contributed by atoms with E-state index in [2.05, 4.69) is 10.3 Å². The van der Waals surface area contributed by atoms with Gasteiger partial charge in [-0.05, 0) is 19.9 Å². The molecule has 18 nitrogen and oxygen atoms in total. The molecule has 3 saturated heterocycles. The van der Waals surface area contributed by atoms with Gasteiger partial charge in [-0.3, -0.25) is 0 Å². The van der Waals surface area contributed by atoms with Crippen molar-refractivity contribution < 1.29 is 54.3 Å². The molecule has 0 aromatic rings. The number of nitrogens with zero attached hydrogens (tertiary/aromatic N) is 1. The number of aliphatic hydroxyl groups excluding tert-OH is 6. The van der Waals surface area contributed by atoms with Crippen LogP contribution in [0.3, 0.4) is 0 Å². The summed E-state index contributed by atoms with van der Waals surface area (Å²) in [4.78, 5) is 3.83. The van der Waals surface area contributed by atoms with Gasteiger partial charge in [0.2, 0.25) is 0 Å². The van der Waals surface area contributed by atoms with E-state index in [1.807, 2.05) is 0 Å². The predicted molar refractivity (Wildman–Crippen MR) is 135 cm³/mol. The maximum atomic E-state index is 11.2. The predicted octanol–water partition coefficient (Wildman–Crippen LogP) is -7.63. The average Bonchev–Trinajstić information content (AvgIpc) is 2.90. The van der Waals surface area contributed by atoms with E-state index in [0.29, 0.717) is 0 Å². The van der Waals surface area contributed by atoms with Crippen molar-refractivity contribution in [3.8, 4) is 0 Å². The van der Waals surface area contributed by atoms with E-state index >= 15 is 0 Å². The second kappa shape index (κ2) is 12.9. The van der Waals surface area contributed by atoms with E-state index in [0.717, 1.165) is 0 Å². The fourth-order valence-corrected chi connectivity index (χ4v) is 5.74. The summed E-state index contributed by atoms with van der Waals surface area (Å²) >= 11 is 0. The molecule has 0 spiro atoms. The molecular weight excluding hydrogens is 538 g/mol. The number of hydrogen-bond acceptors (Lipinski definition) is 16. The fraction of sp³-hybridized carbons (Fsp3) is 0.955. The van der Waals surface area contributed by atoms with Gasteiger partial charge in [0.1, 0.15) is 48.8 Å². The molecule has 1 aliphatic carbocycles. The first-order valence-electron chi connectivity index (χ1n) is 13.2. The Labute approximate surface area is 230 Å². The summed E-state index contributed by atoms with van der Waals surface area (Å²) in [6.45, 7) is -0.591. The van der Waals surface area contributed by atoms with E-state index in [-0.39, 0.29) is 18.8 Å². The Morgan fingerprint density at radius 2 is 1.50 bits per heavy atom. The molecule has 0 radical (unpaired) electrons. The first kappa shape index (κ1) is 31.6. The number of fused-ring (bicyclic) bond motifs is 1. The number of guanidine groups is 1. The van der Waals surface area contributed by atoms with Gasteiger partial charge in [0.25, 0.3) is 0 Å². The zero-order chi connectivity index (χ0) is 29.5. The number of ether oxygens (including phenoxy) is 5. The summed E-state index contributed by atoms with van der Waals surface area (Å²) in [6, 6.07) is -4.26. The molecule has 15 unspecified atom stereocenters. The zero-order valence-electron chi connectivity index (χ0n) is 22.0. The number of rotatable bonds is 7. The molecule has 0 aromatic heterocycles. The van der Waals surface area contributed by atoms with Crippen LogP contribution in [0.2, 0.25) is 0 Å². The number of nitrogens with one attached hydrogen (secondary N) is 1. The van der Waals surface area contributed by atoms with Crippen molar-refractivity contribution in [2.75, 3.05) is 13.7 Å². The third kappa shape index (κ3) is 6.21. The minimum atomic E-state index is -1.64. The Hall–Kier alpha value is -1.33. The first-order chi connectivity index (χ1) is 18.9. The average molecular weight is 582 g/mol.